The molecule has 1 aliphatic heterocycles. The molecule has 1 aliphatic rings. The van der Waals surface area contributed by atoms with Crippen LogP contribution in [0, 0.1) is 5.82 Å². The lowest BCUT2D eigenvalue weighted by Gasteiger charge is -2.47. The van der Waals surface area contributed by atoms with Crippen LogP contribution in [-0.4, -0.2) is 71.5 Å². The number of carbonyl (C=O) groups is 2. The van der Waals surface area contributed by atoms with E-state index in [-0.39, 0.29) is 25.2 Å². The Morgan fingerprint density at radius 3 is 2.36 bits per heavy atom. The molecular weight excluding hydrogens is 367 g/mol. The van der Waals surface area contributed by atoms with Gasteiger partial charge in [-0.1, -0.05) is 12.1 Å². The van der Waals surface area contributed by atoms with Crippen LogP contribution in [0.5, 0.6) is 0 Å². The monoisotopic (exact) mass is 396 g/mol. The zero-order valence-corrected chi connectivity index (χ0v) is 17.0. The lowest BCUT2D eigenvalue weighted by Crippen LogP contribution is -2.62. The number of benzene rings is 1. The van der Waals surface area contributed by atoms with E-state index in [1.54, 1.807) is 30.6 Å². The second-order valence-electron chi connectivity index (χ2n) is 8.08. The first-order valence-electron chi connectivity index (χ1n) is 9.26. The summed E-state index contributed by atoms with van der Waals surface area (Å²) >= 11 is 0. The minimum atomic E-state index is -1.04. The van der Waals surface area contributed by atoms with Crippen LogP contribution < -0.4 is 0 Å². The van der Waals surface area contributed by atoms with E-state index in [2.05, 4.69) is 0 Å². The number of rotatable bonds is 5. The molecule has 8 heteroatoms. The van der Waals surface area contributed by atoms with Crippen molar-refractivity contribution in [2.75, 3.05) is 26.8 Å². The summed E-state index contributed by atoms with van der Waals surface area (Å²) in [5.41, 5.74) is -0.143. The molecule has 1 N–H and O–H groups in total. The SMILES string of the molecule is COC[C@@H]1CN(C(=O)OC(C)(C)C)[C@@H](C)CN1C(C(=O)O)c1ccc(F)cc1. The highest BCUT2D eigenvalue weighted by molar-refractivity contribution is 5.76. The molecule has 7 nitrogen and oxygen atoms in total. The van der Waals surface area contributed by atoms with Gasteiger partial charge in [0.25, 0.3) is 0 Å². The van der Waals surface area contributed by atoms with Gasteiger partial charge >= 0.3 is 12.1 Å². The number of halogens is 1. The number of ether oxygens (including phenoxy) is 2. The highest BCUT2D eigenvalue weighted by Crippen LogP contribution is 2.29. The zero-order chi connectivity index (χ0) is 21.1. The van der Waals surface area contributed by atoms with Crippen LogP contribution in [0.1, 0.15) is 39.3 Å². The van der Waals surface area contributed by atoms with Crippen LogP contribution in [0.15, 0.2) is 24.3 Å². The smallest absolute Gasteiger partial charge is 0.410 e. The Hall–Kier alpha value is -2.19. The molecule has 1 amide bonds. The van der Waals surface area contributed by atoms with Gasteiger partial charge < -0.3 is 19.5 Å². The summed E-state index contributed by atoms with van der Waals surface area (Å²) in [5, 5.41) is 9.87. The van der Waals surface area contributed by atoms with E-state index in [0.29, 0.717) is 12.1 Å². The first kappa shape index (κ1) is 22.1. The molecular formula is C20H29FN2O5. The van der Waals surface area contributed by atoms with Crippen molar-refractivity contribution in [3.05, 3.63) is 35.6 Å². The molecule has 0 radical (unpaired) electrons. The van der Waals surface area contributed by atoms with Crippen molar-refractivity contribution in [3.8, 4) is 0 Å². The molecule has 1 fully saturated rings. The second kappa shape index (κ2) is 8.87. The number of hydrogen-bond acceptors (Lipinski definition) is 5. The fourth-order valence-corrected chi connectivity index (χ4v) is 3.42. The van der Waals surface area contributed by atoms with Crippen LogP contribution in [0.3, 0.4) is 0 Å². The van der Waals surface area contributed by atoms with Gasteiger partial charge in [-0.05, 0) is 45.4 Å². The minimum Gasteiger partial charge on any atom is -0.480 e. The van der Waals surface area contributed by atoms with Gasteiger partial charge in [-0.2, -0.15) is 0 Å². The number of aliphatic carboxylic acids is 1. The molecule has 156 valence electrons. The maximum atomic E-state index is 13.3. The van der Waals surface area contributed by atoms with Crippen molar-refractivity contribution in [2.45, 2.75) is 51.4 Å². The number of methoxy groups -OCH3 is 1. The highest BCUT2D eigenvalue weighted by Gasteiger charge is 2.41. The lowest BCUT2D eigenvalue weighted by atomic mass is 9.99. The van der Waals surface area contributed by atoms with Crippen molar-refractivity contribution in [1.82, 2.24) is 9.80 Å². The Balaban J connectivity index is 2.29. The van der Waals surface area contributed by atoms with E-state index in [1.807, 2.05) is 6.92 Å². The van der Waals surface area contributed by atoms with Crippen molar-refractivity contribution in [3.63, 3.8) is 0 Å². The molecule has 0 saturated carbocycles. The number of piperazine rings is 1. The van der Waals surface area contributed by atoms with Gasteiger partial charge in [0.05, 0.1) is 12.6 Å². The molecule has 0 spiro atoms. The van der Waals surface area contributed by atoms with Crippen molar-refractivity contribution in [2.24, 2.45) is 0 Å². The maximum Gasteiger partial charge on any atom is 0.410 e. The summed E-state index contributed by atoms with van der Waals surface area (Å²) in [6, 6.07) is 3.87. The molecule has 0 bridgehead atoms. The quantitative estimate of drug-likeness (QED) is 0.824. The van der Waals surface area contributed by atoms with Gasteiger partial charge in [0.15, 0.2) is 0 Å². The molecule has 1 saturated heterocycles. The van der Waals surface area contributed by atoms with E-state index in [9.17, 15) is 19.1 Å². The number of carboxylic acids is 1. The van der Waals surface area contributed by atoms with E-state index < -0.39 is 29.5 Å². The molecule has 1 unspecified atom stereocenters. The largest absolute Gasteiger partial charge is 0.480 e. The number of carboxylic acid groups (broad SMARTS) is 1. The second-order valence-corrected chi connectivity index (χ2v) is 8.08. The average Bonchev–Trinajstić information content (AvgIpc) is 2.57. The normalized spacial score (nSPS) is 22.0. The van der Waals surface area contributed by atoms with E-state index >= 15 is 0 Å². The summed E-state index contributed by atoms with van der Waals surface area (Å²) < 4.78 is 24.1. The minimum absolute atomic E-state index is 0.247. The summed E-state index contributed by atoms with van der Waals surface area (Å²) in [6.07, 6.45) is -0.436. The predicted octanol–water partition coefficient (Wildman–Crippen LogP) is 2.91. The molecule has 1 aromatic carbocycles. The Kier molecular flexibility index (Phi) is 7.01. The Morgan fingerprint density at radius 2 is 1.86 bits per heavy atom. The van der Waals surface area contributed by atoms with E-state index in [0.717, 1.165) is 0 Å². The summed E-state index contributed by atoms with van der Waals surface area (Å²) in [5.74, 6) is -1.46. The lowest BCUT2D eigenvalue weighted by molar-refractivity contribution is -0.147. The third-order valence-electron chi connectivity index (χ3n) is 4.62. The van der Waals surface area contributed by atoms with Gasteiger partial charge in [0.2, 0.25) is 0 Å². The maximum absolute atomic E-state index is 13.3. The fraction of sp³-hybridized carbons (Fsp3) is 0.600. The van der Waals surface area contributed by atoms with Gasteiger partial charge in [-0.15, -0.1) is 0 Å². The Bertz CT molecular complexity index is 689. The highest BCUT2D eigenvalue weighted by atomic mass is 19.1. The Morgan fingerprint density at radius 1 is 1.25 bits per heavy atom. The van der Waals surface area contributed by atoms with E-state index in [1.165, 1.54) is 31.4 Å². The molecule has 0 aromatic heterocycles. The fourth-order valence-electron chi connectivity index (χ4n) is 3.42. The average molecular weight is 396 g/mol. The van der Waals surface area contributed by atoms with Crippen LogP contribution >= 0.6 is 0 Å². The van der Waals surface area contributed by atoms with Crippen LogP contribution in [0.25, 0.3) is 0 Å². The standard InChI is InChI=1S/C20H29FN2O5/c1-13-10-23(17(18(24)25)14-6-8-15(21)9-7-14)16(12-27-5)11-22(13)19(26)28-20(2,3)4/h6-9,13,16-17H,10-12H2,1-5H3,(H,24,25)/t13-,16-,17?/m0/s1. The first-order valence-corrected chi connectivity index (χ1v) is 9.26. The molecule has 3 atom stereocenters. The predicted molar refractivity (Wildman–Crippen MR) is 102 cm³/mol. The third kappa shape index (κ3) is 5.42. The number of hydrogen-bond donors (Lipinski definition) is 1. The van der Waals surface area contributed by atoms with Crippen molar-refractivity contribution < 1.29 is 28.6 Å². The van der Waals surface area contributed by atoms with E-state index in [4.69, 9.17) is 9.47 Å². The molecule has 0 aliphatic carbocycles. The molecule has 2 rings (SSSR count). The number of nitrogens with zero attached hydrogens (tertiary/aromatic N) is 2. The summed E-state index contributed by atoms with van der Waals surface area (Å²) in [7, 11) is 1.53. The topological polar surface area (TPSA) is 79.3 Å². The number of carbonyl (C=O) groups excluding carboxylic acids is 1. The molecule has 1 heterocycles. The summed E-state index contributed by atoms with van der Waals surface area (Å²) in [6.45, 7) is 8.09. The van der Waals surface area contributed by atoms with Crippen LogP contribution in [0.4, 0.5) is 9.18 Å². The Labute approximate surface area is 165 Å². The van der Waals surface area contributed by atoms with Gasteiger partial charge in [-0.25, -0.2) is 9.18 Å². The van der Waals surface area contributed by atoms with Gasteiger partial charge in [0, 0.05) is 26.2 Å². The van der Waals surface area contributed by atoms with Gasteiger partial charge in [0.1, 0.15) is 17.5 Å². The first-order chi connectivity index (χ1) is 13.0. The third-order valence-corrected chi connectivity index (χ3v) is 4.62. The summed E-state index contributed by atoms with van der Waals surface area (Å²) in [4.78, 5) is 28.0. The number of amides is 1. The molecule has 28 heavy (non-hydrogen) atoms. The van der Waals surface area contributed by atoms with Crippen molar-refractivity contribution >= 4 is 12.1 Å². The zero-order valence-electron chi connectivity index (χ0n) is 17.0. The van der Waals surface area contributed by atoms with Gasteiger partial charge in [-0.3, -0.25) is 9.69 Å². The molecule has 1 aromatic rings. The van der Waals surface area contributed by atoms with Crippen LogP contribution in [0.2, 0.25) is 0 Å². The van der Waals surface area contributed by atoms with Crippen LogP contribution in [-0.2, 0) is 14.3 Å². The van der Waals surface area contributed by atoms with Crippen molar-refractivity contribution in [1.29, 1.82) is 0 Å².